The van der Waals surface area contributed by atoms with Gasteiger partial charge in [0.05, 0.1) is 25.2 Å². The standard InChI is InChI=1S/C16H22N2O4/c1-16(2)10-17-12-8-11(4-5-14(12)22-16)13(19)9-18(3)7-6-15(20)21/h4-5,8,17H,6-7,9-10H2,1-3H3,(H,20,21). The number of rotatable bonds is 6. The highest BCUT2D eigenvalue weighted by Gasteiger charge is 2.26. The number of fused-ring (bicyclic) bond motifs is 1. The number of likely N-dealkylation sites (N-methyl/N-ethyl adjacent to an activating group) is 1. The number of carboxylic acid groups (broad SMARTS) is 1. The number of carbonyl (C=O) groups is 2. The number of benzene rings is 1. The minimum Gasteiger partial charge on any atom is -0.484 e. The molecule has 0 spiro atoms. The van der Waals surface area contributed by atoms with E-state index in [4.69, 9.17) is 9.84 Å². The van der Waals surface area contributed by atoms with Crippen molar-refractivity contribution in [3.63, 3.8) is 0 Å². The van der Waals surface area contributed by atoms with E-state index in [2.05, 4.69) is 5.32 Å². The summed E-state index contributed by atoms with van der Waals surface area (Å²) in [6, 6.07) is 5.33. The van der Waals surface area contributed by atoms with Crippen LogP contribution in [0.4, 0.5) is 5.69 Å². The first-order chi connectivity index (χ1) is 10.3. The Hall–Kier alpha value is -2.08. The van der Waals surface area contributed by atoms with Gasteiger partial charge in [0, 0.05) is 12.1 Å². The van der Waals surface area contributed by atoms with Crippen LogP contribution in [0.2, 0.25) is 0 Å². The van der Waals surface area contributed by atoms with E-state index in [0.29, 0.717) is 18.7 Å². The van der Waals surface area contributed by atoms with Gasteiger partial charge in [0.2, 0.25) is 0 Å². The Labute approximate surface area is 130 Å². The zero-order valence-corrected chi connectivity index (χ0v) is 13.2. The molecule has 0 saturated carbocycles. The fourth-order valence-corrected chi connectivity index (χ4v) is 2.27. The third kappa shape index (κ3) is 4.21. The summed E-state index contributed by atoms with van der Waals surface area (Å²) in [5.74, 6) is -0.161. The van der Waals surface area contributed by atoms with Gasteiger partial charge in [-0.3, -0.25) is 14.5 Å². The number of Topliss-reactive ketones (excluding diaryl/α,β-unsaturated/α-hetero) is 1. The maximum absolute atomic E-state index is 12.3. The van der Waals surface area contributed by atoms with E-state index in [1.807, 2.05) is 13.8 Å². The Balaban J connectivity index is 2.01. The first kappa shape index (κ1) is 16.3. The molecule has 2 N–H and O–H groups in total. The molecule has 1 aromatic rings. The molecule has 6 heteroatoms. The Kier molecular flexibility index (Phi) is 4.71. The summed E-state index contributed by atoms with van der Waals surface area (Å²) >= 11 is 0. The summed E-state index contributed by atoms with van der Waals surface area (Å²) < 4.78 is 5.85. The highest BCUT2D eigenvalue weighted by atomic mass is 16.5. The molecule has 0 radical (unpaired) electrons. The highest BCUT2D eigenvalue weighted by molar-refractivity contribution is 5.98. The largest absolute Gasteiger partial charge is 0.484 e. The predicted octanol–water partition coefficient (Wildman–Crippen LogP) is 1.86. The lowest BCUT2D eigenvalue weighted by Crippen LogP contribution is -2.40. The average Bonchev–Trinajstić information content (AvgIpc) is 2.43. The van der Waals surface area contributed by atoms with Crippen LogP contribution in [0.25, 0.3) is 0 Å². The molecule has 0 unspecified atom stereocenters. The summed E-state index contributed by atoms with van der Waals surface area (Å²) in [7, 11) is 1.74. The van der Waals surface area contributed by atoms with E-state index in [1.165, 1.54) is 0 Å². The normalized spacial score (nSPS) is 15.6. The number of aliphatic carboxylic acids is 1. The SMILES string of the molecule is CN(CCC(=O)O)CC(=O)c1ccc2c(c1)NCC(C)(C)O2. The van der Waals surface area contributed by atoms with Crippen LogP contribution in [-0.4, -0.2) is 54.0 Å². The van der Waals surface area contributed by atoms with Crippen molar-refractivity contribution in [2.75, 3.05) is 32.0 Å². The van der Waals surface area contributed by atoms with Crippen molar-refractivity contribution in [1.82, 2.24) is 4.90 Å². The van der Waals surface area contributed by atoms with Gasteiger partial charge in [-0.25, -0.2) is 0 Å². The van der Waals surface area contributed by atoms with Gasteiger partial charge in [-0.1, -0.05) is 0 Å². The number of ether oxygens (including phenoxy) is 1. The summed E-state index contributed by atoms with van der Waals surface area (Å²) in [5.41, 5.74) is 1.14. The Morgan fingerprint density at radius 3 is 2.82 bits per heavy atom. The first-order valence-corrected chi connectivity index (χ1v) is 7.27. The third-order valence-electron chi connectivity index (χ3n) is 3.51. The van der Waals surface area contributed by atoms with E-state index in [0.717, 1.165) is 11.4 Å². The van der Waals surface area contributed by atoms with Crippen molar-refractivity contribution in [3.8, 4) is 5.75 Å². The monoisotopic (exact) mass is 306 g/mol. The van der Waals surface area contributed by atoms with Gasteiger partial charge in [0.25, 0.3) is 0 Å². The number of nitrogens with zero attached hydrogens (tertiary/aromatic N) is 1. The van der Waals surface area contributed by atoms with Crippen molar-refractivity contribution in [2.45, 2.75) is 25.9 Å². The topological polar surface area (TPSA) is 78.9 Å². The lowest BCUT2D eigenvalue weighted by atomic mass is 10.0. The molecule has 0 atom stereocenters. The molecular weight excluding hydrogens is 284 g/mol. The summed E-state index contributed by atoms with van der Waals surface area (Å²) in [4.78, 5) is 24.5. The van der Waals surface area contributed by atoms with E-state index in [-0.39, 0.29) is 24.3 Å². The van der Waals surface area contributed by atoms with Crippen molar-refractivity contribution in [1.29, 1.82) is 0 Å². The molecule has 1 aromatic carbocycles. The molecule has 0 bridgehead atoms. The fourth-order valence-electron chi connectivity index (χ4n) is 2.27. The minimum atomic E-state index is -0.864. The zero-order chi connectivity index (χ0) is 16.3. The molecule has 0 saturated heterocycles. The van der Waals surface area contributed by atoms with Crippen LogP contribution >= 0.6 is 0 Å². The van der Waals surface area contributed by atoms with Crippen LogP contribution in [0.5, 0.6) is 5.75 Å². The number of nitrogens with one attached hydrogen (secondary N) is 1. The van der Waals surface area contributed by atoms with Crippen molar-refractivity contribution >= 4 is 17.4 Å². The number of carboxylic acids is 1. The second kappa shape index (κ2) is 6.36. The van der Waals surface area contributed by atoms with Gasteiger partial charge in [-0.2, -0.15) is 0 Å². The first-order valence-electron chi connectivity index (χ1n) is 7.27. The van der Waals surface area contributed by atoms with Gasteiger partial charge in [0.15, 0.2) is 5.78 Å². The van der Waals surface area contributed by atoms with Crippen molar-refractivity contribution in [3.05, 3.63) is 23.8 Å². The molecular formula is C16H22N2O4. The second-order valence-corrected chi connectivity index (χ2v) is 6.23. The molecule has 0 aliphatic carbocycles. The van der Waals surface area contributed by atoms with Crippen LogP contribution in [0.15, 0.2) is 18.2 Å². The predicted molar refractivity (Wildman–Crippen MR) is 83.7 cm³/mol. The van der Waals surface area contributed by atoms with E-state index < -0.39 is 5.97 Å². The number of hydrogen-bond donors (Lipinski definition) is 2. The maximum Gasteiger partial charge on any atom is 0.304 e. The lowest BCUT2D eigenvalue weighted by molar-refractivity contribution is -0.137. The van der Waals surface area contributed by atoms with Gasteiger partial charge in [-0.05, 0) is 39.1 Å². The molecule has 1 aliphatic heterocycles. The van der Waals surface area contributed by atoms with Gasteiger partial charge < -0.3 is 15.2 Å². The van der Waals surface area contributed by atoms with E-state index in [1.54, 1.807) is 30.1 Å². The average molecular weight is 306 g/mol. The molecule has 6 nitrogen and oxygen atoms in total. The molecule has 2 rings (SSSR count). The van der Waals surface area contributed by atoms with Gasteiger partial charge in [0.1, 0.15) is 11.4 Å². The van der Waals surface area contributed by atoms with Crippen LogP contribution in [0, 0.1) is 0 Å². The molecule has 22 heavy (non-hydrogen) atoms. The number of hydrogen-bond acceptors (Lipinski definition) is 5. The van der Waals surface area contributed by atoms with Crippen molar-refractivity contribution < 1.29 is 19.4 Å². The number of ketones is 1. The number of carbonyl (C=O) groups excluding carboxylic acids is 1. The highest BCUT2D eigenvalue weighted by Crippen LogP contribution is 2.33. The van der Waals surface area contributed by atoms with E-state index >= 15 is 0 Å². The quantitative estimate of drug-likeness (QED) is 0.781. The molecule has 0 aromatic heterocycles. The summed E-state index contributed by atoms with van der Waals surface area (Å²) in [6.45, 7) is 5.22. The molecule has 120 valence electrons. The lowest BCUT2D eigenvalue weighted by Gasteiger charge is -2.33. The Morgan fingerprint density at radius 2 is 2.14 bits per heavy atom. The maximum atomic E-state index is 12.3. The van der Waals surface area contributed by atoms with E-state index in [9.17, 15) is 9.59 Å². The number of anilines is 1. The zero-order valence-electron chi connectivity index (χ0n) is 13.2. The third-order valence-corrected chi connectivity index (χ3v) is 3.51. The molecule has 0 fully saturated rings. The summed E-state index contributed by atoms with van der Waals surface area (Å²) in [5, 5.41) is 11.9. The molecule has 1 heterocycles. The molecule has 0 amide bonds. The van der Waals surface area contributed by atoms with Crippen LogP contribution < -0.4 is 10.1 Å². The minimum absolute atomic E-state index is 0.0262. The second-order valence-electron chi connectivity index (χ2n) is 6.23. The van der Waals surface area contributed by atoms with Crippen LogP contribution in [0.1, 0.15) is 30.6 Å². The smallest absolute Gasteiger partial charge is 0.304 e. The van der Waals surface area contributed by atoms with Crippen LogP contribution in [-0.2, 0) is 4.79 Å². The summed E-state index contributed by atoms with van der Waals surface area (Å²) in [6.07, 6.45) is 0.0262. The van der Waals surface area contributed by atoms with Gasteiger partial charge >= 0.3 is 5.97 Å². The van der Waals surface area contributed by atoms with Crippen molar-refractivity contribution in [2.24, 2.45) is 0 Å². The Bertz CT molecular complexity index is 584. The Morgan fingerprint density at radius 1 is 1.41 bits per heavy atom. The fraction of sp³-hybridized carbons (Fsp3) is 0.500. The molecule has 1 aliphatic rings. The van der Waals surface area contributed by atoms with Crippen LogP contribution in [0.3, 0.4) is 0 Å². The van der Waals surface area contributed by atoms with Gasteiger partial charge in [-0.15, -0.1) is 0 Å².